The van der Waals surface area contributed by atoms with Gasteiger partial charge in [0.25, 0.3) is 0 Å². The average molecular weight is 538 g/mol. The van der Waals surface area contributed by atoms with Gasteiger partial charge in [-0.05, 0) is 26.0 Å². The van der Waals surface area contributed by atoms with Crippen LogP contribution in [-0.4, -0.2) is 92.0 Å². The third-order valence-corrected chi connectivity index (χ3v) is 7.98. The Morgan fingerprint density at radius 3 is 2.14 bits per heavy atom. The van der Waals surface area contributed by atoms with Crippen LogP contribution in [0.4, 0.5) is 13.2 Å². The highest BCUT2D eigenvalue weighted by atomic mass is 32.2. The van der Waals surface area contributed by atoms with Gasteiger partial charge in [-0.1, -0.05) is 17.7 Å². The van der Waals surface area contributed by atoms with Gasteiger partial charge in [-0.2, -0.15) is 17.5 Å². The van der Waals surface area contributed by atoms with Crippen molar-refractivity contribution in [1.82, 2.24) is 14.5 Å². The zero-order valence-corrected chi connectivity index (χ0v) is 20.8. The Bertz CT molecular complexity index is 1160. The van der Waals surface area contributed by atoms with Gasteiger partial charge in [0.15, 0.2) is 0 Å². The summed E-state index contributed by atoms with van der Waals surface area (Å²) in [6, 6.07) is 5.71. The van der Waals surface area contributed by atoms with Crippen molar-refractivity contribution < 1.29 is 50.6 Å². The number of nitrogens with zero attached hydrogens (tertiary/aromatic N) is 2. The monoisotopic (exact) mass is 537 g/mol. The number of sulfonamides is 1. The Kier molecular flexibility index (Phi) is 8.22. The molecule has 11 nitrogen and oxygen atoms in total. The molecule has 1 aromatic carbocycles. The fourth-order valence-electron chi connectivity index (χ4n) is 4.23. The molecular formula is C21H26F3N3O8S. The van der Waals surface area contributed by atoms with E-state index in [2.05, 4.69) is 5.32 Å². The Balaban J connectivity index is 0.000000572. The number of methoxy groups -OCH3 is 1. The first-order chi connectivity index (χ1) is 16.4. The minimum atomic E-state index is -5.08. The van der Waals surface area contributed by atoms with Crippen LogP contribution in [0, 0.1) is 18.8 Å². The highest BCUT2D eigenvalue weighted by Crippen LogP contribution is 2.43. The summed E-state index contributed by atoms with van der Waals surface area (Å²) < 4.78 is 63.6. The molecule has 200 valence electrons. The second-order valence-electron chi connectivity index (χ2n) is 8.59. The Morgan fingerprint density at radius 1 is 1.19 bits per heavy atom. The van der Waals surface area contributed by atoms with E-state index in [0.29, 0.717) is 0 Å². The van der Waals surface area contributed by atoms with E-state index in [0.717, 1.165) is 14.8 Å². The molecule has 36 heavy (non-hydrogen) atoms. The highest BCUT2D eigenvalue weighted by Gasteiger charge is 2.66. The van der Waals surface area contributed by atoms with Gasteiger partial charge < -0.3 is 9.84 Å². The largest absolute Gasteiger partial charge is 0.490 e. The van der Waals surface area contributed by atoms with Crippen LogP contribution in [-0.2, 0) is 33.9 Å². The summed E-state index contributed by atoms with van der Waals surface area (Å²) >= 11 is 0. The molecule has 2 amide bonds. The Morgan fingerprint density at radius 2 is 1.69 bits per heavy atom. The molecule has 2 aliphatic heterocycles. The molecular weight excluding hydrogens is 511 g/mol. The summed E-state index contributed by atoms with van der Waals surface area (Å²) in [5, 5.41) is 10.1. The van der Waals surface area contributed by atoms with Gasteiger partial charge in [0, 0.05) is 26.7 Å². The third kappa shape index (κ3) is 5.37. The number of carbonyl (C=O) groups is 4. The molecule has 4 atom stereocenters. The summed E-state index contributed by atoms with van der Waals surface area (Å²) in [7, 11) is 0.166. The van der Waals surface area contributed by atoms with Gasteiger partial charge in [-0.15, -0.1) is 0 Å². The zero-order valence-electron chi connectivity index (χ0n) is 20.0. The predicted molar refractivity (Wildman–Crippen MR) is 117 cm³/mol. The Labute approximate surface area is 205 Å². The minimum absolute atomic E-state index is 0.0865. The number of carboxylic acids is 1. The standard InChI is InChI=1S/C19H25N3O6S.C2HF3O2/c1-11-6-8-12(9-7-11)29(26,27)21(3)10-13-14-15(17(24)22(4)16(14)23)19(2,20-13)18(25)28-5;3-2(4,5)1(6)7/h6-9,13-15,20H,10H2,1-5H3;(H,6,7)/t13-,14+,15-,19-;/m1./s1. The van der Waals surface area contributed by atoms with Crippen molar-refractivity contribution in [2.45, 2.75) is 36.5 Å². The molecule has 2 heterocycles. The topological polar surface area (TPSA) is 150 Å². The number of esters is 1. The first-order valence-electron chi connectivity index (χ1n) is 10.4. The minimum Gasteiger partial charge on any atom is -0.475 e. The summed E-state index contributed by atoms with van der Waals surface area (Å²) in [6.07, 6.45) is -5.08. The summed E-state index contributed by atoms with van der Waals surface area (Å²) in [5.74, 6) is -6.15. The van der Waals surface area contributed by atoms with E-state index in [-0.39, 0.29) is 11.4 Å². The quantitative estimate of drug-likeness (QED) is 0.401. The molecule has 0 unspecified atom stereocenters. The van der Waals surface area contributed by atoms with Crippen molar-refractivity contribution in [2.24, 2.45) is 11.8 Å². The van der Waals surface area contributed by atoms with E-state index in [1.54, 1.807) is 12.1 Å². The summed E-state index contributed by atoms with van der Waals surface area (Å²) in [4.78, 5) is 47.8. The number of aliphatic carboxylic acids is 1. The van der Waals surface area contributed by atoms with E-state index < -0.39 is 63.4 Å². The van der Waals surface area contributed by atoms with E-state index >= 15 is 0 Å². The van der Waals surface area contributed by atoms with Crippen molar-refractivity contribution in [1.29, 1.82) is 0 Å². The molecule has 3 rings (SSSR count). The molecule has 1 aromatic rings. The van der Waals surface area contributed by atoms with E-state index in [1.165, 1.54) is 40.3 Å². The number of halogens is 3. The number of aryl methyl sites for hydroxylation is 1. The van der Waals surface area contributed by atoms with Crippen LogP contribution in [0.3, 0.4) is 0 Å². The lowest BCUT2D eigenvalue weighted by Crippen LogP contribution is -2.56. The second-order valence-corrected chi connectivity index (χ2v) is 10.6. The number of carboxylic acid groups (broad SMARTS) is 1. The first kappa shape index (κ1) is 29.2. The van der Waals surface area contributed by atoms with E-state index in [1.807, 2.05) is 6.92 Å². The van der Waals surface area contributed by atoms with Gasteiger partial charge in [0.1, 0.15) is 5.54 Å². The molecule has 2 saturated heterocycles. The van der Waals surface area contributed by atoms with Gasteiger partial charge in [0.2, 0.25) is 21.8 Å². The fraction of sp³-hybridized carbons (Fsp3) is 0.524. The van der Waals surface area contributed by atoms with Crippen LogP contribution < -0.4 is 5.32 Å². The first-order valence-corrected chi connectivity index (χ1v) is 11.8. The number of rotatable bonds is 5. The van der Waals surface area contributed by atoms with Crippen molar-refractivity contribution >= 4 is 33.8 Å². The zero-order chi connectivity index (χ0) is 27.8. The number of hydrogen-bond acceptors (Lipinski definition) is 8. The van der Waals surface area contributed by atoms with Crippen LogP contribution in [0.1, 0.15) is 12.5 Å². The highest BCUT2D eigenvalue weighted by molar-refractivity contribution is 7.89. The number of fused-ring (bicyclic) bond motifs is 1. The van der Waals surface area contributed by atoms with E-state index in [4.69, 9.17) is 14.6 Å². The molecule has 0 bridgehead atoms. The fourth-order valence-corrected chi connectivity index (χ4v) is 5.43. The molecule has 0 spiro atoms. The number of carbonyl (C=O) groups excluding carboxylic acids is 3. The van der Waals surface area contributed by atoms with Crippen molar-refractivity contribution in [3.8, 4) is 0 Å². The lowest BCUT2D eigenvalue weighted by Gasteiger charge is -2.29. The number of likely N-dealkylation sites (N-methyl/N-ethyl adjacent to an activating group) is 1. The number of alkyl halides is 3. The molecule has 0 radical (unpaired) electrons. The molecule has 15 heteroatoms. The van der Waals surface area contributed by atoms with Crippen LogP contribution in [0.15, 0.2) is 29.2 Å². The van der Waals surface area contributed by atoms with Crippen LogP contribution in [0.2, 0.25) is 0 Å². The number of hydrogen-bond donors (Lipinski definition) is 2. The number of likely N-dealkylation sites (tertiary alicyclic amines) is 1. The molecule has 0 aliphatic carbocycles. The number of imide groups is 1. The number of ether oxygens (including phenoxy) is 1. The maximum Gasteiger partial charge on any atom is 0.490 e. The number of benzene rings is 1. The van der Waals surface area contributed by atoms with Crippen LogP contribution >= 0.6 is 0 Å². The lowest BCUT2D eigenvalue weighted by molar-refractivity contribution is -0.192. The number of nitrogens with one attached hydrogen (secondary N) is 1. The summed E-state index contributed by atoms with van der Waals surface area (Å²) in [5.41, 5.74) is -0.491. The SMILES string of the molecule is COC(=O)[C@]1(C)N[C@H](CN(C)S(=O)(=O)c2ccc(C)cc2)[C@@H]2C(=O)N(C)C(=O)[C@@H]21.O=C(O)C(F)(F)F. The summed E-state index contributed by atoms with van der Waals surface area (Å²) in [6.45, 7) is 3.28. The molecule has 2 aliphatic rings. The normalized spacial score (nSPS) is 25.9. The van der Waals surface area contributed by atoms with Crippen LogP contribution in [0.5, 0.6) is 0 Å². The lowest BCUT2D eigenvalue weighted by atomic mass is 9.81. The number of amides is 2. The van der Waals surface area contributed by atoms with Crippen LogP contribution in [0.25, 0.3) is 0 Å². The van der Waals surface area contributed by atoms with Crippen molar-refractivity contribution in [3.63, 3.8) is 0 Å². The molecule has 2 N–H and O–H groups in total. The average Bonchev–Trinajstić information content (AvgIpc) is 3.21. The molecule has 0 aromatic heterocycles. The second kappa shape index (κ2) is 10.1. The van der Waals surface area contributed by atoms with E-state index in [9.17, 15) is 36.0 Å². The predicted octanol–water partition coefficient (Wildman–Crippen LogP) is 0.383. The smallest absolute Gasteiger partial charge is 0.475 e. The van der Waals surface area contributed by atoms with Gasteiger partial charge in [-0.25, -0.2) is 13.2 Å². The van der Waals surface area contributed by atoms with Crippen molar-refractivity contribution in [2.75, 3.05) is 27.7 Å². The Hall–Kier alpha value is -3.04. The third-order valence-electron chi connectivity index (χ3n) is 6.15. The molecule has 2 fully saturated rings. The maximum atomic E-state index is 12.9. The van der Waals surface area contributed by atoms with Gasteiger partial charge >= 0.3 is 18.1 Å². The maximum absolute atomic E-state index is 12.9. The molecule has 0 saturated carbocycles. The van der Waals surface area contributed by atoms with Gasteiger partial charge in [0.05, 0.1) is 23.8 Å². The van der Waals surface area contributed by atoms with Crippen molar-refractivity contribution in [3.05, 3.63) is 29.8 Å². The van der Waals surface area contributed by atoms with Gasteiger partial charge in [-0.3, -0.25) is 24.6 Å².